The fourth-order valence-corrected chi connectivity index (χ4v) is 2.41. The summed E-state index contributed by atoms with van der Waals surface area (Å²) >= 11 is 0. The first kappa shape index (κ1) is 11.4. The molecule has 2 rings (SSSR count). The lowest BCUT2D eigenvalue weighted by Gasteiger charge is -2.26. The van der Waals surface area contributed by atoms with E-state index in [1.807, 2.05) is 0 Å². The lowest BCUT2D eigenvalue weighted by Crippen LogP contribution is -2.09. The number of rotatable bonds is 4. The molecule has 0 amide bonds. The third kappa shape index (κ3) is 2.52. The number of ketones is 1. The van der Waals surface area contributed by atoms with Crippen molar-refractivity contribution in [2.45, 2.75) is 51.4 Å². The molecule has 0 radical (unpaired) electrons. The minimum Gasteiger partial charge on any atom is -0.300 e. The van der Waals surface area contributed by atoms with Gasteiger partial charge in [-0.3, -0.25) is 0 Å². The van der Waals surface area contributed by atoms with Gasteiger partial charge in [-0.15, -0.1) is 0 Å². The third-order valence-corrected chi connectivity index (χ3v) is 3.65. The third-order valence-electron chi connectivity index (χ3n) is 3.65. The second-order valence-corrected chi connectivity index (χ2v) is 5.11. The van der Waals surface area contributed by atoms with Gasteiger partial charge in [0.2, 0.25) is 0 Å². The molecule has 1 atom stereocenters. The molecule has 1 saturated carbocycles. The summed E-state index contributed by atoms with van der Waals surface area (Å²) in [4.78, 5) is 11.1. The highest BCUT2D eigenvalue weighted by atomic mass is 16.1. The Labute approximate surface area is 97.9 Å². The van der Waals surface area contributed by atoms with Crippen molar-refractivity contribution in [1.29, 1.82) is 0 Å². The van der Waals surface area contributed by atoms with Crippen molar-refractivity contribution in [3.05, 3.63) is 35.4 Å². The van der Waals surface area contributed by atoms with Crippen LogP contribution in [0.2, 0.25) is 0 Å². The van der Waals surface area contributed by atoms with Crippen LogP contribution in [0.5, 0.6) is 0 Å². The van der Waals surface area contributed by atoms with E-state index < -0.39 is 0 Å². The first-order chi connectivity index (χ1) is 7.66. The molecule has 86 valence electrons. The van der Waals surface area contributed by atoms with E-state index in [0.29, 0.717) is 12.3 Å². The molecule has 1 fully saturated rings. The number of benzene rings is 1. The Balaban J connectivity index is 2.11. The average molecular weight is 216 g/mol. The van der Waals surface area contributed by atoms with E-state index in [-0.39, 0.29) is 5.78 Å². The molecule has 0 spiro atoms. The largest absolute Gasteiger partial charge is 0.300 e. The maximum atomic E-state index is 11.1. The Bertz CT molecular complexity index is 377. The molecule has 1 aliphatic rings. The van der Waals surface area contributed by atoms with Gasteiger partial charge in [-0.1, -0.05) is 37.6 Å². The van der Waals surface area contributed by atoms with Crippen LogP contribution in [-0.2, 0) is 4.79 Å². The summed E-state index contributed by atoms with van der Waals surface area (Å²) in [6, 6.07) is 8.82. The monoisotopic (exact) mass is 216 g/mol. The van der Waals surface area contributed by atoms with Gasteiger partial charge in [0.15, 0.2) is 0 Å². The number of Topliss-reactive ketones (excluding diaryl/α,β-unsaturated/α-hetero) is 1. The highest BCUT2D eigenvalue weighted by Crippen LogP contribution is 2.37. The van der Waals surface area contributed by atoms with Crippen LogP contribution in [0.4, 0.5) is 0 Å². The van der Waals surface area contributed by atoms with Gasteiger partial charge in [-0.05, 0) is 42.7 Å². The molecule has 0 saturated heterocycles. The predicted molar refractivity (Wildman–Crippen MR) is 66.7 cm³/mol. The molecular weight excluding hydrogens is 196 g/mol. The molecule has 0 aliphatic heterocycles. The van der Waals surface area contributed by atoms with Crippen molar-refractivity contribution >= 4 is 5.78 Å². The molecule has 1 unspecified atom stereocenters. The predicted octanol–water partition coefficient (Wildman–Crippen LogP) is 4.04. The minimum atomic E-state index is 0.279. The molecule has 1 aromatic rings. The summed E-state index contributed by atoms with van der Waals surface area (Å²) in [5, 5.41) is 0. The summed E-state index contributed by atoms with van der Waals surface area (Å²) < 4.78 is 0. The Morgan fingerprint density at radius 2 is 2.19 bits per heavy atom. The molecule has 0 aromatic heterocycles. The molecule has 0 bridgehead atoms. The summed E-state index contributed by atoms with van der Waals surface area (Å²) in [5.41, 5.74) is 2.79. The van der Waals surface area contributed by atoms with Gasteiger partial charge < -0.3 is 4.79 Å². The van der Waals surface area contributed by atoms with E-state index in [4.69, 9.17) is 0 Å². The summed E-state index contributed by atoms with van der Waals surface area (Å²) in [7, 11) is 0. The van der Waals surface area contributed by atoms with Gasteiger partial charge in [0.05, 0.1) is 0 Å². The summed E-state index contributed by atoms with van der Waals surface area (Å²) in [6.45, 7) is 3.81. The van der Waals surface area contributed by atoms with Crippen LogP contribution in [0.15, 0.2) is 24.3 Å². The smallest absolute Gasteiger partial charge is 0.130 e. The minimum absolute atomic E-state index is 0.279. The highest BCUT2D eigenvalue weighted by molar-refractivity contribution is 5.76. The topological polar surface area (TPSA) is 17.1 Å². The molecule has 1 nitrogen and oxygen atoms in total. The van der Waals surface area contributed by atoms with Crippen LogP contribution in [0.25, 0.3) is 0 Å². The molecule has 1 aliphatic carbocycles. The number of hydrogen-bond acceptors (Lipinski definition) is 1. The first-order valence-electron chi connectivity index (χ1n) is 6.26. The van der Waals surface area contributed by atoms with Gasteiger partial charge in [-0.25, -0.2) is 0 Å². The van der Waals surface area contributed by atoms with E-state index in [0.717, 1.165) is 5.92 Å². The van der Waals surface area contributed by atoms with Crippen LogP contribution in [0, 0.1) is 0 Å². The summed E-state index contributed by atoms with van der Waals surface area (Å²) in [6.07, 6.45) is 4.71. The standard InChI is InChI=1S/C15H20O/c1-11(9-12(2)16)14-7-4-8-15(10-14)13-5-3-6-13/h4,7-8,10-11,13H,3,5-6,9H2,1-2H3. The lowest BCUT2D eigenvalue weighted by atomic mass is 9.79. The zero-order valence-electron chi connectivity index (χ0n) is 10.2. The zero-order valence-corrected chi connectivity index (χ0v) is 10.2. The molecule has 0 heterocycles. The molecular formula is C15H20O. The van der Waals surface area contributed by atoms with Crippen molar-refractivity contribution in [1.82, 2.24) is 0 Å². The number of carbonyl (C=O) groups is 1. The van der Waals surface area contributed by atoms with Crippen LogP contribution in [-0.4, -0.2) is 5.78 Å². The van der Waals surface area contributed by atoms with E-state index in [2.05, 4.69) is 31.2 Å². The normalized spacial score (nSPS) is 17.9. The molecule has 1 aromatic carbocycles. The fraction of sp³-hybridized carbons (Fsp3) is 0.533. The Hall–Kier alpha value is -1.11. The lowest BCUT2D eigenvalue weighted by molar-refractivity contribution is -0.117. The Kier molecular flexibility index (Phi) is 3.42. The van der Waals surface area contributed by atoms with E-state index in [1.54, 1.807) is 6.92 Å². The highest BCUT2D eigenvalue weighted by Gasteiger charge is 2.20. The van der Waals surface area contributed by atoms with Gasteiger partial charge in [0.1, 0.15) is 5.78 Å². The van der Waals surface area contributed by atoms with Crippen molar-refractivity contribution < 1.29 is 4.79 Å². The maximum Gasteiger partial charge on any atom is 0.130 e. The van der Waals surface area contributed by atoms with Crippen LogP contribution < -0.4 is 0 Å². The fourth-order valence-electron chi connectivity index (χ4n) is 2.41. The van der Waals surface area contributed by atoms with Crippen LogP contribution >= 0.6 is 0 Å². The molecule has 1 heteroatoms. The van der Waals surface area contributed by atoms with E-state index in [9.17, 15) is 4.79 Å². The van der Waals surface area contributed by atoms with Gasteiger partial charge in [0.25, 0.3) is 0 Å². The van der Waals surface area contributed by atoms with Gasteiger partial charge in [0, 0.05) is 6.42 Å². The number of carbonyl (C=O) groups excluding carboxylic acids is 1. The van der Waals surface area contributed by atoms with Crippen molar-refractivity contribution in [3.63, 3.8) is 0 Å². The first-order valence-corrected chi connectivity index (χ1v) is 6.26. The molecule has 0 N–H and O–H groups in total. The second kappa shape index (κ2) is 4.82. The van der Waals surface area contributed by atoms with Crippen LogP contribution in [0.1, 0.15) is 62.5 Å². The quantitative estimate of drug-likeness (QED) is 0.742. The second-order valence-electron chi connectivity index (χ2n) is 5.11. The molecule has 16 heavy (non-hydrogen) atoms. The Morgan fingerprint density at radius 1 is 1.44 bits per heavy atom. The average Bonchev–Trinajstić information content (AvgIpc) is 2.14. The SMILES string of the molecule is CC(=O)CC(C)c1cccc(C2CCC2)c1. The Morgan fingerprint density at radius 3 is 2.75 bits per heavy atom. The van der Waals surface area contributed by atoms with E-state index >= 15 is 0 Å². The van der Waals surface area contributed by atoms with Crippen molar-refractivity contribution in [3.8, 4) is 0 Å². The van der Waals surface area contributed by atoms with Crippen LogP contribution in [0.3, 0.4) is 0 Å². The van der Waals surface area contributed by atoms with Gasteiger partial charge >= 0.3 is 0 Å². The number of hydrogen-bond donors (Lipinski definition) is 0. The van der Waals surface area contributed by atoms with Crippen molar-refractivity contribution in [2.24, 2.45) is 0 Å². The van der Waals surface area contributed by atoms with E-state index in [1.165, 1.54) is 30.4 Å². The zero-order chi connectivity index (χ0) is 11.5. The summed E-state index contributed by atoms with van der Waals surface area (Å²) in [5.74, 6) is 1.42. The van der Waals surface area contributed by atoms with Gasteiger partial charge in [-0.2, -0.15) is 0 Å². The van der Waals surface area contributed by atoms with Crippen molar-refractivity contribution in [2.75, 3.05) is 0 Å². The maximum absolute atomic E-state index is 11.1.